The topological polar surface area (TPSA) is 138 Å². The monoisotopic (exact) mass is 720 g/mol. The average molecular weight is 721 g/mol. The average Bonchev–Trinajstić information content (AvgIpc) is 3.82. The van der Waals surface area contributed by atoms with Crippen LogP contribution in [0.2, 0.25) is 0 Å². The first kappa shape index (κ1) is 35.5. The zero-order valence-electron chi connectivity index (χ0n) is 30.3. The van der Waals surface area contributed by atoms with E-state index in [1.807, 2.05) is 72.8 Å². The lowest BCUT2D eigenvalue weighted by Crippen LogP contribution is -2.63. The van der Waals surface area contributed by atoms with Gasteiger partial charge in [-0.25, -0.2) is 0 Å². The zero-order valence-corrected chi connectivity index (χ0v) is 30.3. The number of hydrogen-bond acceptors (Lipinski definition) is 9. The van der Waals surface area contributed by atoms with Crippen molar-refractivity contribution in [1.82, 2.24) is 14.8 Å². The van der Waals surface area contributed by atoms with Gasteiger partial charge in [-0.2, -0.15) is 0 Å². The molecule has 0 unspecified atom stereocenters. The number of aromatic amines is 1. The van der Waals surface area contributed by atoms with Crippen LogP contribution in [0.25, 0.3) is 10.9 Å². The molecule has 2 amide bonds. The summed E-state index contributed by atoms with van der Waals surface area (Å²) in [7, 11) is 6.45. The summed E-state index contributed by atoms with van der Waals surface area (Å²) in [6, 6.07) is 24.4. The maximum Gasteiger partial charge on any atom is 0.246 e. The standard InChI is InChI=1S/C31H29N3O6.C10H15NO2/c1-37-24-9-7-18(13-26(24)38-2)11-12-33-16-28(35)34-23(31(33)36)15-21-20-5-3-4-6-22(20)32-29(21)30(34)19-8-10-25-27(14-19)40-17-39-25;1-12-9-4-3-8(5-6-11)7-10(9)13-2/h3-10,13-14,23,30,32H,11-12,15-17H2,1-2H3;3-4,7H,5-6,11H2,1-2H3/t23-,30-;/m1./s1. The number of ether oxygens (including phenoxy) is 6. The molecule has 12 heteroatoms. The Morgan fingerprint density at radius 1 is 0.774 bits per heavy atom. The van der Waals surface area contributed by atoms with E-state index in [0.29, 0.717) is 48.9 Å². The van der Waals surface area contributed by atoms with Crippen LogP contribution in [0, 0.1) is 0 Å². The number of fused-ring (bicyclic) bond motifs is 5. The number of nitrogens with two attached hydrogens (primary N) is 1. The van der Waals surface area contributed by atoms with Crippen molar-refractivity contribution in [2.45, 2.75) is 31.3 Å². The van der Waals surface area contributed by atoms with Crippen LogP contribution in [-0.2, 0) is 28.9 Å². The van der Waals surface area contributed by atoms with E-state index in [2.05, 4.69) is 11.1 Å². The Balaban J connectivity index is 0.000000285. The second kappa shape index (κ2) is 15.4. The Labute approximate surface area is 308 Å². The van der Waals surface area contributed by atoms with E-state index in [0.717, 1.165) is 51.2 Å². The van der Waals surface area contributed by atoms with E-state index >= 15 is 0 Å². The molecule has 1 saturated heterocycles. The number of para-hydroxylation sites is 1. The van der Waals surface area contributed by atoms with Crippen LogP contribution in [0.4, 0.5) is 0 Å². The van der Waals surface area contributed by atoms with E-state index in [4.69, 9.17) is 34.2 Å². The van der Waals surface area contributed by atoms with Crippen LogP contribution >= 0.6 is 0 Å². The maximum atomic E-state index is 14.0. The minimum Gasteiger partial charge on any atom is -0.493 e. The van der Waals surface area contributed by atoms with Crippen LogP contribution < -0.4 is 34.2 Å². The molecule has 0 aliphatic carbocycles. The van der Waals surface area contributed by atoms with Gasteiger partial charge in [0.15, 0.2) is 34.5 Å². The highest BCUT2D eigenvalue weighted by Crippen LogP contribution is 2.45. The fourth-order valence-electron chi connectivity index (χ4n) is 7.45. The Bertz CT molecular complexity index is 2130. The first-order chi connectivity index (χ1) is 25.9. The number of H-pyrrole nitrogens is 1. The van der Waals surface area contributed by atoms with Crippen LogP contribution in [-0.4, -0.2) is 87.5 Å². The molecule has 3 N–H and O–H groups in total. The summed E-state index contributed by atoms with van der Waals surface area (Å²) in [6.07, 6.45) is 1.91. The first-order valence-electron chi connectivity index (χ1n) is 17.6. The van der Waals surface area contributed by atoms with Crippen molar-refractivity contribution in [3.8, 4) is 34.5 Å². The maximum absolute atomic E-state index is 14.0. The van der Waals surface area contributed by atoms with Crippen molar-refractivity contribution < 1.29 is 38.0 Å². The van der Waals surface area contributed by atoms with Gasteiger partial charge in [-0.3, -0.25) is 9.59 Å². The molecule has 8 rings (SSSR count). The summed E-state index contributed by atoms with van der Waals surface area (Å²) in [5, 5.41) is 1.07. The lowest BCUT2D eigenvalue weighted by atomic mass is 9.86. The van der Waals surface area contributed by atoms with Crippen molar-refractivity contribution >= 4 is 22.7 Å². The van der Waals surface area contributed by atoms with E-state index in [9.17, 15) is 9.59 Å². The number of hydrogen-bond donors (Lipinski definition) is 2. The Morgan fingerprint density at radius 3 is 2.11 bits per heavy atom. The predicted molar refractivity (Wildman–Crippen MR) is 199 cm³/mol. The van der Waals surface area contributed by atoms with Crippen molar-refractivity contribution in [3.63, 3.8) is 0 Å². The molecule has 2 atom stereocenters. The van der Waals surface area contributed by atoms with Gasteiger partial charge in [0.25, 0.3) is 0 Å². The number of carbonyl (C=O) groups is 2. The number of carbonyl (C=O) groups excluding carboxylic acids is 2. The van der Waals surface area contributed by atoms with Crippen molar-refractivity contribution in [3.05, 3.63) is 107 Å². The summed E-state index contributed by atoms with van der Waals surface area (Å²) >= 11 is 0. The summed E-state index contributed by atoms with van der Waals surface area (Å²) < 4.78 is 32.2. The second-order valence-electron chi connectivity index (χ2n) is 13.0. The van der Waals surface area contributed by atoms with Gasteiger partial charge >= 0.3 is 0 Å². The van der Waals surface area contributed by atoms with Crippen LogP contribution in [0.3, 0.4) is 0 Å². The van der Waals surface area contributed by atoms with Gasteiger partial charge in [-0.05, 0) is 84.1 Å². The van der Waals surface area contributed by atoms with Crippen molar-refractivity contribution in [2.75, 3.05) is 54.9 Å². The molecular formula is C41H44N4O8. The number of amides is 2. The summed E-state index contributed by atoms with van der Waals surface area (Å²) in [5.74, 6) is 4.00. The van der Waals surface area contributed by atoms with Crippen molar-refractivity contribution in [2.24, 2.45) is 5.73 Å². The van der Waals surface area contributed by atoms with Crippen molar-refractivity contribution in [1.29, 1.82) is 0 Å². The molecule has 53 heavy (non-hydrogen) atoms. The molecule has 0 saturated carbocycles. The van der Waals surface area contributed by atoms with Gasteiger partial charge in [0, 0.05) is 29.6 Å². The largest absolute Gasteiger partial charge is 0.493 e. The molecule has 3 aliphatic heterocycles. The predicted octanol–water partition coefficient (Wildman–Crippen LogP) is 5.05. The Kier molecular flexibility index (Phi) is 10.3. The number of aromatic nitrogens is 1. The minimum absolute atomic E-state index is 0.0270. The lowest BCUT2D eigenvalue weighted by Gasteiger charge is -2.47. The number of benzene rings is 4. The molecule has 4 aromatic carbocycles. The van der Waals surface area contributed by atoms with Crippen LogP contribution in [0.1, 0.15) is 34.0 Å². The molecule has 4 heterocycles. The van der Waals surface area contributed by atoms with E-state index < -0.39 is 12.1 Å². The van der Waals surface area contributed by atoms with E-state index in [1.165, 1.54) is 5.56 Å². The molecular weight excluding hydrogens is 676 g/mol. The summed E-state index contributed by atoms with van der Waals surface area (Å²) in [6.45, 7) is 1.27. The molecule has 276 valence electrons. The second-order valence-corrected chi connectivity index (χ2v) is 13.0. The highest BCUT2D eigenvalue weighted by atomic mass is 16.7. The SMILES string of the molecule is COc1ccc(CCN)cc1OC.COc1ccc(CCN2CC(=O)N3[C@H](c4ccc5c(c4)OCO5)c4[nH]c5ccccc5c4C[C@@H]3C2=O)cc1OC. The number of methoxy groups -OCH3 is 4. The quantitative estimate of drug-likeness (QED) is 0.203. The number of piperazine rings is 1. The molecule has 1 fully saturated rings. The van der Waals surface area contributed by atoms with Gasteiger partial charge in [-0.15, -0.1) is 0 Å². The molecule has 0 radical (unpaired) electrons. The Hall–Kier alpha value is -5.88. The minimum atomic E-state index is -0.603. The third kappa shape index (κ3) is 6.89. The number of rotatable bonds is 10. The fraction of sp³-hybridized carbons (Fsp3) is 0.317. The van der Waals surface area contributed by atoms with Crippen LogP contribution in [0.15, 0.2) is 78.9 Å². The Morgan fingerprint density at radius 2 is 1.43 bits per heavy atom. The summed E-state index contributed by atoms with van der Waals surface area (Å²) in [4.78, 5) is 34.9. The molecule has 1 aromatic heterocycles. The molecule has 0 spiro atoms. The molecule has 5 aromatic rings. The normalized spacial score (nSPS) is 17.2. The fourth-order valence-corrected chi connectivity index (χ4v) is 7.45. The third-order valence-electron chi connectivity index (χ3n) is 10.1. The highest BCUT2D eigenvalue weighted by molar-refractivity contribution is 5.97. The molecule has 3 aliphatic rings. The lowest BCUT2D eigenvalue weighted by molar-refractivity contribution is -0.158. The zero-order chi connectivity index (χ0) is 37.1. The first-order valence-corrected chi connectivity index (χ1v) is 17.6. The van der Waals surface area contributed by atoms with Crippen LogP contribution in [0.5, 0.6) is 34.5 Å². The number of nitrogens with one attached hydrogen (secondary N) is 1. The highest BCUT2D eigenvalue weighted by Gasteiger charge is 2.48. The smallest absolute Gasteiger partial charge is 0.246 e. The van der Waals surface area contributed by atoms with E-state index in [-0.39, 0.29) is 25.2 Å². The molecule has 12 nitrogen and oxygen atoms in total. The third-order valence-corrected chi connectivity index (χ3v) is 10.1. The summed E-state index contributed by atoms with van der Waals surface area (Å²) in [5.41, 5.74) is 11.5. The van der Waals surface area contributed by atoms with Gasteiger partial charge in [-0.1, -0.05) is 36.4 Å². The molecule has 0 bridgehead atoms. The van der Waals surface area contributed by atoms with E-state index in [1.54, 1.807) is 38.2 Å². The van der Waals surface area contributed by atoms with Gasteiger partial charge < -0.3 is 48.9 Å². The van der Waals surface area contributed by atoms with Gasteiger partial charge in [0.1, 0.15) is 6.04 Å². The number of nitrogens with zero attached hydrogens (tertiary/aromatic N) is 2. The van der Waals surface area contributed by atoms with Gasteiger partial charge in [0.2, 0.25) is 18.6 Å². The van der Waals surface area contributed by atoms with Gasteiger partial charge in [0.05, 0.1) is 41.0 Å².